The van der Waals surface area contributed by atoms with Crippen molar-refractivity contribution >= 4 is 5.78 Å². The zero-order valence-corrected chi connectivity index (χ0v) is 16.6. The molecule has 0 unspecified atom stereocenters. The van der Waals surface area contributed by atoms with Crippen LogP contribution in [0.2, 0.25) is 0 Å². The average Bonchev–Trinajstić information content (AvgIpc) is 2.75. The molecule has 2 spiro atoms. The second-order valence-corrected chi connectivity index (χ2v) is 10.3. The zero-order valence-electron chi connectivity index (χ0n) is 16.6. The Morgan fingerprint density at radius 1 is 1.14 bits per heavy atom. The molecule has 2 heterocycles. The van der Waals surface area contributed by atoms with Crippen LogP contribution in [0.25, 0.3) is 0 Å². The molecule has 6 aliphatic rings. The van der Waals surface area contributed by atoms with Crippen LogP contribution in [0.4, 0.5) is 0 Å². The lowest BCUT2D eigenvalue weighted by molar-refractivity contribution is -0.509. The zero-order chi connectivity index (χ0) is 20.4. The first-order valence-corrected chi connectivity index (χ1v) is 10.2. The van der Waals surface area contributed by atoms with E-state index in [1.807, 2.05) is 13.8 Å². The molecule has 0 amide bonds. The maximum atomic E-state index is 13.5. The SMILES string of the molecule is C=C1C(=O)[C@]23[C@H](O)[C@@H]1CC[C@H]2[C@@]12[C@H](OC)O[C@]3(O)[C@@H](O)[C@@H]1C(C)(C)CC[C@@H]2O. The van der Waals surface area contributed by atoms with Crippen LogP contribution >= 0.6 is 0 Å². The molecule has 10 atom stereocenters. The van der Waals surface area contributed by atoms with Gasteiger partial charge < -0.3 is 29.9 Å². The third-order valence-electron chi connectivity index (χ3n) is 9.12. The lowest BCUT2D eigenvalue weighted by Gasteiger charge is -2.76. The van der Waals surface area contributed by atoms with Crippen molar-refractivity contribution in [2.75, 3.05) is 7.11 Å². The van der Waals surface area contributed by atoms with Gasteiger partial charge in [0.2, 0.25) is 5.79 Å². The van der Waals surface area contributed by atoms with Crippen LogP contribution in [0.15, 0.2) is 12.2 Å². The van der Waals surface area contributed by atoms with E-state index < -0.39 is 70.2 Å². The van der Waals surface area contributed by atoms with Crippen molar-refractivity contribution in [3.63, 3.8) is 0 Å². The molecule has 0 aromatic rings. The fraction of sp³-hybridized carbons (Fsp3) is 0.857. The van der Waals surface area contributed by atoms with Crippen LogP contribution in [0.5, 0.6) is 0 Å². The Bertz CT molecular complexity index is 764. The molecule has 4 aliphatic carbocycles. The summed E-state index contributed by atoms with van der Waals surface area (Å²) in [6, 6.07) is 0. The van der Waals surface area contributed by atoms with Crippen molar-refractivity contribution in [1.29, 1.82) is 0 Å². The first-order chi connectivity index (χ1) is 13.0. The summed E-state index contributed by atoms with van der Waals surface area (Å²) >= 11 is 0. The van der Waals surface area contributed by atoms with Gasteiger partial charge in [0.15, 0.2) is 12.1 Å². The van der Waals surface area contributed by atoms with Gasteiger partial charge in [0.25, 0.3) is 0 Å². The predicted molar refractivity (Wildman–Crippen MR) is 96.6 cm³/mol. The third-order valence-corrected chi connectivity index (χ3v) is 9.12. The summed E-state index contributed by atoms with van der Waals surface area (Å²) in [5, 5.41) is 45.9. The Balaban J connectivity index is 1.85. The molecule has 156 valence electrons. The summed E-state index contributed by atoms with van der Waals surface area (Å²) in [6.45, 7) is 7.91. The number of hydrogen-bond donors (Lipinski definition) is 4. The number of fused-ring (bicyclic) bond motifs is 2. The fourth-order valence-electron chi connectivity index (χ4n) is 8.19. The molecule has 0 aromatic heterocycles. The maximum absolute atomic E-state index is 13.5. The largest absolute Gasteiger partial charge is 0.392 e. The second kappa shape index (κ2) is 5.25. The smallest absolute Gasteiger partial charge is 0.211 e. The molecule has 28 heavy (non-hydrogen) atoms. The summed E-state index contributed by atoms with van der Waals surface area (Å²) in [4.78, 5) is 13.5. The Morgan fingerprint density at radius 3 is 2.46 bits per heavy atom. The number of hydrogen-bond acceptors (Lipinski definition) is 7. The normalized spacial score (nSPS) is 59.2. The van der Waals surface area contributed by atoms with E-state index in [0.29, 0.717) is 25.7 Å². The quantitative estimate of drug-likeness (QED) is 0.474. The Morgan fingerprint density at radius 2 is 1.82 bits per heavy atom. The second-order valence-electron chi connectivity index (χ2n) is 10.3. The number of aliphatic hydroxyl groups is 4. The standard InChI is InChI=1S/C21H30O7/c1-9-10-5-6-11-19-12(22)7-8-18(2,3)13(19)16(25)21(26,28-17(19)27-4)20(11,14(9)23)15(10)24/h10-13,15-17,22,24-26H,1,5-8H2,2-4H3/t10-,11+,12+,13-,15-,16+,17-,19+,20+,21-/m1/s1. The highest BCUT2D eigenvalue weighted by atomic mass is 16.8. The number of Topliss-reactive ketones (excluding diaryl/α,β-unsaturated/α-hetero) is 1. The molecule has 0 radical (unpaired) electrons. The molecule has 7 nitrogen and oxygen atoms in total. The van der Waals surface area contributed by atoms with Gasteiger partial charge in [-0.15, -0.1) is 0 Å². The van der Waals surface area contributed by atoms with Crippen molar-refractivity contribution in [2.24, 2.45) is 34.0 Å². The van der Waals surface area contributed by atoms with Gasteiger partial charge in [-0.1, -0.05) is 20.4 Å². The highest BCUT2D eigenvalue weighted by molar-refractivity contribution is 6.05. The number of methoxy groups -OCH3 is 1. The van der Waals surface area contributed by atoms with E-state index in [-0.39, 0.29) is 5.57 Å². The van der Waals surface area contributed by atoms with Crippen LogP contribution in [0.3, 0.4) is 0 Å². The Labute approximate surface area is 164 Å². The summed E-state index contributed by atoms with van der Waals surface area (Å²) in [6.07, 6.45) is -2.32. The number of rotatable bonds is 1. The third kappa shape index (κ3) is 1.59. The number of ketones is 1. The average molecular weight is 394 g/mol. The molecule has 2 saturated heterocycles. The van der Waals surface area contributed by atoms with Crippen molar-refractivity contribution in [3.8, 4) is 0 Å². The maximum Gasteiger partial charge on any atom is 0.211 e. The van der Waals surface area contributed by atoms with Crippen LogP contribution in [0, 0.1) is 34.0 Å². The lowest BCUT2D eigenvalue weighted by Crippen LogP contribution is -2.87. The summed E-state index contributed by atoms with van der Waals surface area (Å²) in [5.74, 6) is -4.34. The molecule has 4 saturated carbocycles. The van der Waals surface area contributed by atoms with E-state index >= 15 is 0 Å². The lowest BCUT2D eigenvalue weighted by atomic mass is 9.35. The van der Waals surface area contributed by atoms with E-state index in [9.17, 15) is 25.2 Å². The van der Waals surface area contributed by atoms with Gasteiger partial charge >= 0.3 is 0 Å². The molecule has 6 rings (SSSR count). The molecular formula is C21H30O7. The van der Waals surface area contributed by atoms with E-state index in [1.165, 1.54) is 7.11 Å². The van der Waals surface area contributed by atoms with Crippen molar-refractivity contribution in [1.82, 2.24) is 0 Å². The van der Waals surface area contributed by atoms with Crippen molar-refractivity contribution in [2.45, 2.75) is 69.9 Å². The van der Waals surface area contributed by atoms with Crippen LogP contribution < -0.4 is 0 Å². The fourth-order valence-corrected chi connectivity index (χ4v) is 8.19. The number of ether oxygens (including phenoxy) is 2. The minimum atomic E-state index is -2.30. The van der Waals surface area contributed by atoms with Crippen LogP contribution in [-0.2, 0) is 14.3 Å². The molecule has 4 bridgehead atoms. The Kier molecular flexibility index (Phi) is 3.59. The van der Waals surface area contributed by atoms with Crippen molar-refractivity contribution in [3.05, 3.63) is 12.2 Å². The van der Waals surface area contributed by atoms with Gasteiger partial charge in [-0.25, -0.2) is 0 Å². The van der Waals surface area contributed by atoms with E-state index in [1.54, 1.807) is 0 Å². The number of aliphatic hydroxyl groups excluding tert-OH is 3. The highest BCUT2D eigenvalue weighted by Gasteiger charge is 2.89. The molecule has 6 fully saturated rings. The molecule has 2 aliphatic heterocycles. The van der Waals surface area contributed by atoms with Gasteiger partial charge in [-0.3, -0.25) is 4.79 Å². The summed E-state index contributed by atoms with van der Waals surface area (Å²) in [7, 11) is 1.45. The number of carbonyl (C=O) groups is 1. The predicted octanol–water partition coefficient (Wildman–Crippen LogP) is 0.348. The number of carbonyl (C=O) groups excluding carboxylic acids is 1. The molecule has 7 heteroatoms. The first kappa shape index (κ1) is 19.2. The topological polar surface area (TPSA) is 116 Å². The molecular weight excluding hydrogens is 364 g/mol. The van der Waals surface area contributed by atoms with E-state index in [0.717, 1.165) is 0 Å². The van der Waals surface area contributed by atoms with Crippen LogP contribution in [-0.4, -0.2) is 63.7 Å². The molecule has 4 N–H and O–H groups in total. The van der Waals surface area contributed by atoms with Gasteiger partial charge in [-0.05, 0) is 42.6 Å². The first-order valence-electron chi connectivity index (χ1n) is 10.2. The highest BCUT2D eigenvalue weighted by Crippen LogP contribution is 2.77. The Hall–Kier alpha value is -0.830. The monoisotopic (exact) mass is 394 g/mol. The minimum Gasteiger partial charge on any atom is -0.392 e. The van der Waals surface area contributed by atoms with Crippen molar-refractivity contribution < 1.29 is 34.7 Å². The summed E-state index contributed by atoms with van der Waals surface area (Å²) in [5.41, 5.74) is -2.98. The minimum absolute atomic E-state index is 0.276. The van der Waals surface area contributed by atoms with Gasteiger partial charge in [0.1, 0.15) is 11.5 Å². The van der Waals surface area contributed by atoms with Gasteiger partial charge in [-0.2, -0.15) is 0 Å². The summed E-state index contributed by atoms with van der Waals surface area (Å²) < 4.78 is 11.6. The van der Waals surface area contributed by atoms with Crippen LogP contribution in [0.1, 0.15) is 39.5 Å². The van der Waals surface area contributed by atoms with Gasteiger partial charge in [0, 0.05) is 18.9 Å². The van der Waals surface area contributed by atoms with E-state index in [4.69, 9.17) is 9.47 Å². The van der Waals surface area contributed by atoms with Gasteiger partial charge in [0.05, 0.1) is 17.6 Å². The van der Waals surface area contributed by atoms with E-state index in [2.05, 4.69) is 6.58 Å². The molecule has 0 aromatic carbocycles.